The van der Waals surface area contributed by atoms with Crippen molar-refractivity contribution < 1.29 is 0 Å². The van der Waals surface area contributed by atoms with Crippen molar-refractivity contribution in [3.05, 3.63) is 78.0 Å². The molecule has 24 heavy (non-hydrogen) atoms. The number of imidazole rings is 1. The minimum atomic E-state index is 0.770. The summed E-state index contributed by atoms with van der Waals surface area (Å²) in [6.07, 6.45) is 7.30. The molecule has 0 spiro atoms. The molecule has 0 aliphatic heterocycles. The third kappa shape index (κ3) is 3.04. The number of fused-ring (bicyclic) bond motifs is 1. The first-order chi connectivity index (χ1) is 11.8. The van der Waals surface area contributed by atoms with Gasteiger partial charge in [0.05, 0.1) is 5.52 Å². The Bertz CT molecular complexity index is 973. The van der Waals surface area contributed by atoms with Crippen LogP contribution >= 0.6 is 0 Å². The van der Waals surface area contributed by atoms with Gasteiger partial charge in [-0.2, -0.15) is 0 Å². The summed E-state index contributed by atoms with van der Waals surface area (Å²) < 4.78 is 0. The lowest BCUT2D eigenvalue weighted by Gasteiger charge is -2.00. The van der Waals surface area contributed by atoms with Crippen LogP contribution in [0, 0.1) is 6.92 Å². The predicted molar refractivity (Wildman–Crippen MR) is 95.7 cm³/mol. The summed E-state index contributed by atoms with van der Waals surface area (Å²) in [5.74, 6) is 0.978. The normalized spacial score (nSPS) is 11.0. The van der Waals surface area contributed by atoms with Gasteiger partial charge in [0.25, 0.3) is 0 Å². The van der Waals surface area contributed by atoms with Gasteiger partial charge in [0, 0.05) is 30.6 Å². The fourth-order valence-electron chi connectivity index (χ4n) is 2.90. The Morgan fingerprint density at radius 1 is 0.958 bits per heavy atom. The smallest absolute Gasteiger partial charge is 0.177 e. The van der Waals surface area contributed by atoms with Crippen LogP contribution < -0.4 is 0 Å². The minimum absolute atomic E-state index is 0.770. The number of rotatable bonds is 4. The predicted octanol–water partition coefficient (Wildman–Crippen LogP) is 4.11. The molecule has 0 amide bonds. The van der Waals surface area contributed by atoms with E-state index >= 15 is 0 Å². The number of nitrogens with one attached hydrogen (secondary N) is 1. The van der Waals surface area contributed by atoms with Crippen molar-refractivity contribution in [3.8, 4) is 11.1 Å². The van der Waals surface area contributed by atoms with E-state index < -0.39 is 0 Å². The van der Waals surface area contributed by atoms with Gasteiger partial charge >= 0.3 is 0 Å². The Labute approximate surface area is 140 Å². The second kappa shape index (κ2) is 6.24. The molecular weight excluding hydrogens is 296 g/mol. The molecule has 3 aromatic heterocycles. The van der Waals surface area contributed by atoms with Crippen molar-refractivity contribution in [2.75, 3.05) is 0 Å². The largest absolute Gasteiger partial charge is 0.341 e. The van der Waals surface area contributed by atoms with Gasteiger partial charge in [0.15, 0.2) is 5.65 Å². The molecule has 4 rings (SSSR count). The summed E-state index contributed by atoms with van der Waals surface area (Å²) in [4.78, 5) is 16.5. The van der Waals surface area contributed by atoms with E-state index in [0.717, 1.165) is 41.0 Å². The van der Waals surface area contributed by atoms with Crippen molar-refractivity contribution in [1.29, 1.82) is 0 Å². The molecule has 0 bridgehead atoms. The third-order valence-corrected chi connectivity index (χ3v) is 4.13. The van der Waals surface area contributed by atoms with Crippen LogP contribution in [0.3, 0.4) is 0 Å². The number of aryl methyl sites for hydroxylation is 3. The highest BCUT2D eigenvalue weighted by Crippen LogP contribution is 2.21. The number of H-pyrrole nitrogens is 1. The first-order valence-corrected chi connectivity index (χ1v) is 8.08. The summed E-state index contributed by atoms with van der Waals surface area (Å²) in [6.45, 7) is 2.12. The van der Waals surface area contributed by atoms with E-state index in [-0.39, 0.29) is 0 Å². The maximum Gasteiger partial charge on any atom is 0.177 e. The van der Waals surface area contributed by atoms with Crippen molar-refractivity contribution in [2.45, 2.75) is 19.8 Å². The van der Waals surface area contributed by atoms with Crippen molar-refractivity contribution >= 4 is 11.2 Å². The van der Waals surface area contributed by atoms with E-state index in [9.17, 15) is 0 Å². The molecule has 3 heterocycles. The second-order valence-corrected chi connectivity index (χ2v) is 6.00. The summed E-state index contributed by atoms with van der Waals surface area (Å²) in [6, 6.07) is 14.7. The zero-order chi connectivity index (χ0) is 16.4. The van der Waals surface area contributed by atoms with Crippen LogP contribution in [0.25, 0.3) is 22.3 Å². The Hall–Kier alpha value is -3.01. The van der Waals surface area contributed by atoms with E-state index in [2.05, 4.69) is 57.2 Å². The van der Waals surface area contributed by atoms with Crippen molar-refractivity contribution in [2.24, 2.45) is 0 Å². The van der Waals surface area contributed by atoms with Gasteiger partial charge in [0.1, 0.15) is 5.82 Å². The molecule has 0 saturated carbocycles. The molecule has 4 heteroatoms. The van der Waals surface area contributed by atoms with Gasteiger partial charge in [-0.3, -0.25) is 4.98 Å². The second-order valence-electron chi connectivity index (χ2n) is 6.00. The molecule has 118 valence electrons. The van der Waals surface area contributed by atoms with Gasteiger partial charge in [-0.15, -0.1) is 0 Å². The lowest BCUT2D eigenvalue weighted by Crippen LogP contribution is -1.93. The molecule has 0 radical (unpaired) electrons. The van der Waals surface area contributed by atoms with E-state index in [0.29, 0.717) is 0 Å². The number of nitrogens with zero attached hydrogens (tertiary/aromatic N) is 3. The number of aromatic amines is 1. The van der Waals surface area contributed by atoms with Crippen LogP contribution in [0.2, 0.25) is 0 Å². The number of aromatic nitrogens is 4. The van der Waals surface area contributed by atoms with E-state index in [1.54, 1.807) is 12.4 Å². The summed E-state index contributed by atoms with van der Waals surface area (Å²) in [5.41, 5.74) is 6.55. The average Bonchev–Trinajstić information content (AvgIpc) is 3.03. The highest BCUT2D eigenvalue weighted by molar-refractivity contribution is 5.77. The standard InChI is InChI=1S/C20H18N4/c1-14-3-2-4-15(11-14)5-6-19-23-18-12-17(13-22-20(18)24-19)16-7-9-21-10-8-16/h2-4,7-13H,5-6H2,1H3,(H,22,23,24). The lowest BCUT2D eigenvalue weighted by molar-refractivity contribution is 0.888. The molecule has 0 aliphatic rings. The zero-order valence-corrected chi connectivity index (χ0v) is 13.5. The topological polar surface area (TPSA) is 54.5 Å². The fourth-order valence-corrected chi connectivity index (χ4v) is 2.90. The van der Waals surface area contributed by atoms with E-state index in [1.165, 1.54) is 11.1 Å². The van der Waals surface area contributed by atoms with Gasteiger partial charge in [-0.25, -0.2) is 9.97 Å². The summed E-state index contributed by atoms with van der Waals surface area (Å²) in [5, 5.41) is 0. The SMILES string of the molecule is Cc1cccc(CCc2nc3ncc(-c4ccncc4)cc3[nH]2)c1. The number of hydrogen-bond donors (Lipinski definition) is 1. The summed E-state index contributed by atoms with van der Waals surface area (Å²) in [7, 11) is 0. The monoisotopic (exact) mass is 314 g/mol. The average molecular weight is 314 g/mol. The molecule has 4 nitrogen and oxygen atoms in total. The van der Waals surface area contributed by atoms with Gasteiger partial charge < -0.3 is 4.98 Å². The lowest BCUT2D eigenvalue weighted by atomic mass is 10.1. The Morgan fingerprint density at radius 3 is 2.67 bits per heavy atom. The van der Waals surface area contributed by atoms with Crippen molar-refractivity contribution in [3.63, 3.8) is 0 Å². The Morgan fingerprint density at radius 2 is 1.83 bits per heavy atom. The van der Waals surface area contributed by atoms with E-state index in [4.69, 9.17) is 0 Å². The Kier molecular flexibility index (Phi) is 3.79. The van der Waals surface area contributed by atoms with Crippen LogP contribution in [-0.2, 0) is 12.8 Å². The number of benzene rings is 1. The Balaban J connectivity index is 1.57. The molecule has 4 aromatic rings. The minimum Gasteiger partial charge on any atom is -0.341 e. The number of pyridine rings is 2. The molecular formula is C20H18N4. The molecule has 0 aliphatic carbocycles. The number of hydrogen-bond acceptors (Lipinski definition) is 3. The molecule has 0 saturated heterocycles. The molecule has 1 aromatic carbocycles. The quantitative estimate of drug-likeness (QED) is 0.616. The molecule has 1 N–H and O–H groups in total. The molecule has 0 atom stereocenters. The van der Waals surface area contributed by atoms with Crippen LogP contribution in [0.1, 0.15) is 17.0 Å². The highest BCUT2D eigenvalue weighted by atomic mass is 15.0. The zero-order valence-electron chi connectivity index (χ0n) is 13.5. The first-order valence-electron chi connectivity index (χ1n) is 8.08. The van der Waals surface area contributed by atoms with Crippen LogP contribution in [0.15, 0.2) is 61.1 Å². The molecule has 0 unspecified atom stereocenters. The fraction of sp³-hybridized carbons (Fsp3) is 0.150. The maximum atomic E-state index is 4.61. The first kappa shape index (κ1) is 14.6. The summed E-state index contributed by atoms with van der Waals surface area (Å²) >= 11 is 0. The third-order valence-electron chi connectivity index (χ3n) is 4.13. The van der Waals surface area contributed by atoms with Crippen molar-refractivity contribution in [1.82, 2.24) is 19.9 Å². The van der Waals surface area contributed by atoms with E-state index in [1.807, 2.05) is 18.3 Å². The van der Waals surface area contributed by atoms with Gasteiger partial charge in [-0.1, -0.05) is 29.8 Å². The van der Waals surface area contributed by atoms with Crippen LogP contribution in [0.4, 0.5) is 0 Å². The highest BCUT2D eigenvalue weighted by Gasteiger charge is 2.07. The maximum absolute atomic E-state index is 4.61. The molecule has 0 fully saturated rings. The van der Waals surface area contributed by atoms with Gasteiger partial charge in [-0.05, 0) is 42.7 Å². The van der Waals surface area contributed by atoms with Gasteiger partial charge in [0.2, 0.25) is 0 Å². The van der Waals surface area contributed by atoms with Crippen LogP contribution in [-0.4, -0.2) is 19.9 Å². The van der Waals surface area contributed by atoms with Crippen LogP contribution in [0.5, 0.6) is 0 Å².